The van der Waals surface area contributed by atoms with E-state index in [-0.39, 0.29) is 48.2 Å². The van der Waals surface area contributed by atoms with Crippen LogP contribution < -0.4 is 14.8 Å². The number of sulfonamides is 1. The lowest BCUT2D eigenvalue weighted by Gasteiger charge is -2.23. The van der Waals surface area contributed by atoms with Crippen molar-refractivity contribution in [3.63, 3.8) is 0 Å². The minimum absolute atomic E-state index is 0. The van der Waals surface area contributed by atoms with Crippen molar-refractivity contribution in [1.29, 1.82) is 0 Å². The van der Waals surface area contributed by atoms with Gasteiger partial charge in [0.25, 0.3) is 0 Å². The summed E-state index contributed by atoms with van der Waals surface area (Å²) < 4.78 is 50.9. The van der Waals surface area contributed by atoms with E-state index in [4.69, 9.17) is 9.47 Å². The molecule has 0 saturated carbocycles. The van der Waals surface area contributed by atoms with Gasteiger partial charge in [-0.2, -0.15) is 0 Å². The molecule has 0 aromatic heterocycles. The van der Waals surface area contributed by atoms with Gasteiger partial charge in [-0.25, -0.2) is 17.5 Å². The number of nitrogens with zero attached hydrogens (tertiary/aromatic N) is 2. The zero-order valence-electron chi connectivity index (χ0n) is 17.5. The monoisotopic (exact) mass is 558 g/mol. The van der Waals surface area contributed by atoms with Crippen LogP contribution >= 0.6 is 24.0 Å². The number of hydrogen-bond donors (Lipinski definition) is 2. The van der Waals surface area contributed by atoms with Crippen LogP contribution in [0.1, 0.15) is 19.3 Å². The van der Waals surface area contributed by atoms with Crippen molar-refractivity contribution < 1.29 is 22.3 Å². The second kappa shape index (κ2) is 14.0. The third-order valence-electron chi connectivity index (χ3n) is 4.54. The van der Waals surface area contributed by atoms with Crippen molar-refractivity contribution >= 4 is 40.0 Å². The number of nitrogens with one attached hydrogen (secondary N) is 2. The zero-order valence-corrected chi connectivity index (χ0v) is 20.6. The van der Waals surface area contributed by atoms with E-state index in [2.05, 4.69) is 15.0 Å². The summed E-state index contributed by atoms with van der Waals surface area (Å²) in [6.45, 7) is 2.15. The summed E-state index contributed by atoms with van der Waals surface area (Å²) in [6.07, 6.45) is 2.96. The zero-order chi connectivity index (χ0) is 21.1. The highest BCUT2D eigenvalue weighted by molar-refractivity contribution is 14.0. The van der Waals surface area contributed by atoms with E-state index in [1.54, 1.807) is 19.2 Å². The van der Waals surface area contributed by atoms with Crippen LogP contribution in [-0.2, 0) is 14.8 Å². The minimum atomic E-state index is -3.39. The Morgan fingerprint density at radius 3 is 2.70 bits per heavy atom. The number of ether oxygens (including phenoxy) is 2. The number of aliphatic imine (C=N–C) groups is 1. The first kappa shape index (κ1) is 26.9. The maximum atomic E-state index is 12.9. The number of rotatable bonds is 10. The molecule has 1 aliphatic rings. The average molecular weight is 558 g/mol. The van der Waals surface area contributed by atoms with Crippen LogP contribution in [0, 0.1) is 5.82 Å². The Morgan fingerprint density at radius 1 is 1.33 bits per heavy atom. The van der Waals surface area contributed by atoms with Crippen LogP contribution in [0.15, 0.2) is 29.3 Å². The molecule has 0 bridgehead atoms. The van der Waals surface area contributed by atoms with E-state index in [9.17, 15) is 12.8 Å². The molecule has 172 valence electrons. The van der Waals surface area contributed by atoms with Gasteiger partial charge >= 0.3 is 0 Å². The third-order valence-corrected chi connectivity index (χ3v) is 5.89. The van der Waals surface area contributed by atoms with Crippen LogP contribution in [0.2, 0.25) is 0 Å². The molecule has 0 radical (unpaired) electrons. The molecule has 2 N–H and O–H groups in total. The molecule has 1 saturated heterocycles. The van der Waals surface area contributed by atoms with Crippen LogP contribution in [0.3, 0.4) is 0 Å². The third kappa shape index (κ3) is 10.2. The smallest absolute Gasteiger partial charge is 0.213 e. The van der Waals surface area contributed by atoms with Crippen LogP contribution in [-0.4, -0.2) is 78.1 Å². The number of likely N-dealkylation sites (N-methyl/N-ethyl adjacent to an activating group) is 1. The van der Waals surface area contributed by atoms with Crippen molar-refractivity contribution in [2.45, 2.75) is 25.4 Å². The van der Waals surface area contributed by atoms with Crippen molar-refractivity contribution in [1.82, 2.24) is 14.9 Å². The largest absolute Gasteiger partial charge is 0.492 e. The average Bonchev–Trinajstić information content (AvgIpc) is 2.72. The Labute approximate surface area is 195 Å². The normalized spacial score (nSPS) is 17.2. The number of benzene rings is 1. The Hall–Kier alpha value is -1.18. The number of guanidine groups is 1. The Morgan fingerprint density at radius 2 is 2.07 bits per heavy atom. The molecule has 1 unspecified atom stereocenters. The number of halogens is 2. The Balaban J connectivity index is 0.00000450. The van der Waals surface area contributed by atoms with Crippen molar-refractivity contribution in [3.05, 3.63) is 30.1 Å². The summed E-state index contributed by atoms with van der Waals surface area (Å²) in [5, 5.41) is 3.04. The van der Waals surface area contributed by atoms with Gasteiger partial charge in [-0.1, -0.05) is 0 Å². The molecular formula is C19H32FIN4O4S. The summed E-state index contributed by atoms with van der Waals surface area (Å²) in [4.78, 5) is 5.99. The molecule has 1 heterocycles. The van der Waals surface area contributed by atoms with E-state index in [0.717, 1.165) is 19.3 Å². The summed E-state index contributed by atoms with van der Waals surface area (Å²) in [5.41, 5.74) is 0. The fraction of sp³-hybridized carbons (Fsp3) is 0.632. The maximum Gasteiger partial charge on any atom is 0.213 e. The molecule has 1 aromatic rings. The van der Waals surface area contributed by atoms with E-state index < -0.39 is 10.0 Å². The predicted octanol–water partition coefficient (Wildman–Crippen LogP) is 1.82. The standard InChI is InChI=1S/C19H31FN4O4S.HI/c1-21-19(24(2)11-13-28-17-8-6-16(20)7-9-17)22-10-14-29(25,26)23-15-18-5-3-4-12-27-18;/h6-9,18,23H,3-5,10-15H2,1-2H3,(H,21,22);1H. The van der Waals surface area contributed by atoms with Gasteiger partial charge in [0.15, 0.2) is 5.96 Å². The van der Waals surface area contributed by atoms with Crippen LogP contribution in [0.5, 0.6) is 5.75 Å². The SMILES string of the molecule is CN=C(NCCS(=O)(=O)NCC1CCCCO1)N(C)CCOc1ccc(F)cc1.I. The van der Waals surface area contributed by atoms with Gasteiger partial charge in [-0.15, -0.1) is 24.0 Å². The highest BCUT2D eigenvalue weighted by Crippen LogP contribution is 2.12. The maximum absolute atomic E-state index is 12.9. The van der Waals surface area contributed by atoms with Gasteiger partial charge in [0.05, 0.1) is 18.4 Å². The van der Waals surface area contributed by atoms with E-state index in [1.165, 1.54) is 12.1 Å². The Bertz CT molecular complexity index is 743. The van der Waals surface area contributed by atoms with Gasteiger partial charge in [-0.3, -0.25) is 4.99 Å². The lowest BCUT2D eigenvalue weighted by Crippen LogP contribution is -2.44. The molecular weight excluding hydrogens is 526 g/mol. The molecule has 2 rings (SSSR count). The van der Waals surface area contributed by atoms with Crippen molar-refractivity contribution in [2.75, 3.05) is 52.7 Å². The van der Waals surface area contributed by atoms with Gasteiger partial charge < -0.3 is 19.7 Å². The van der Waals surface area contributed by atoms with E-state index >= 15 is 0 Å². The van der Waals surface area contributed by atoms with Gasteiger partial charge in [0, 0.05) is 33.8 Å². The van der Waals surface area contributed by atoms with E-state index in [0.29, 0.717) is 38.0 Å². The lowest BCUT2D eigenvalue weighted by atomic mass is 10.1. The molecule has 0 amide bonds. The van der Waals surface area contributed by atoms with Crippen LogP contribution in [0.4, 0.5) is 4.39 Å². The molecule has 1 aliphatic heterocycles. The molecule has 0 spiro atoms. The summed E-state index contributed by atoms with van der Waals surface area (Å²) in [7, 11) is 0.0733. The van der Waals surface area contributed by atoms with E-state index in [1.807, 2.05) is 11.9 Å². The molecule has 30 heavy (non-hydrogen) atoms. The first-order chi connectivity index (χ1) is 13.9. The second-order valence-electron chi connectivity index (χ2n) is 6.85. The molecule has 1 fully saturated rings. The fourth-order valence-corrected chi connectivity index (χ4v) is 3.83. The molecule has 0 aliphatic carbocycles. The van der Waals surface area contributed by atoms with Gasteiger partial charge in [-0.05, 0) is 43.5 Å². The number of hydrogen-bond acceptors (Lipinski definition) is 5. The molecule has 1 aromatic carbocycles. The summed E-state index contributed by atoms with van der Waals surface area (Å²) in [6, 6.07) is 5.82. The first-order valence-electron chi connectivity index (χ1n) is 9.79. The topological polar surface area (TPSA) is 92.3 Å². The van der Waals surface area contributed by atoms with Gasteiger partial charge in [0.2, 0.25) is 10.0 Å². The molecule has 11 heteroatoms. The molecule has 1 atom stereocenters. The quantitative estimate of drug-likeness (QED) is 0.259. The summed E-state index contributed by atoms with van der Waals surface area (Å²) >= 11 is 0. The van der Waals surface area contributed by atoms with Crippen LogP contribution in [0.25, 0.3) is 0 Å². The van der Waals surface area contributed by atoms with Gasteiger partial charge in [0.1, 0.15) is 18.2 Å². The van der Waals surface area contributed by atoms with Crippen molar-refractivity contribution in [3.8, 4) is 5.75 Å². The fourth-order valence-electron chi connectivity index (χ4n) is 2.88. The molecule has 8 nitrogen and oxygen atoms in total. The highest BCUT2D eigenvalue weighted by atomic mass is 127. The minimum Gasteiger partial charge on any atom is -0.492 e. The second-order valence-corrected chi connectivity index (χ2v) is 8.78. The van der Waals surface area contributed by atoms with Crippen molar-refractivity contribution in [2.24, 2.45) is 4.99 Å². The predicted molar refractivity (Wildman–Crippen MR) is 127 cm³/mol. The Kier molecular flexibility index (Phi) is 12.5. The highest BCUT2D eigenvalue weighted by Gasteiger charge is 2.18. The first-order valence-corrected chi connectivity index (χ1v) is 11.4. The lowest BCUT2D eigenvalue weighted by molar-refractivity contribution is 0.0200. The summed E-state index contributed by atoms with van der Waals surface area (Å²) in [5.74, 6) is 0.786.